The molecule has 1 amide bonds. The number of alkyl carbamates (subject to hydrolysis) is 1. The molecular formula is C26H31FN6O5. The molecule has 3 heterocycles. The van der Waals surface area contributed by atoms with Gasteiger partial charge in [0.2, 0.25) is 5.88 Å². The van der Waals surface area contributed by atoms with Gasteiger partial charge in [-0.25, -0.2) is 28.5 Å². The van der Waals surface area contributed by atoms with Crippen molar-refractivity contribution < 1.29 is 28.2 Å². The highest BCUT2D eigenvalue weighted by Gasteiger charge is 2.49. The van der Waals surface area contributed by atoms with Gasteiger partial charge in [-0.05, 0) is 65.5 Å². The highest BCUT2D eigenvalue weighted by molar-refractivity contribution is 5.95. The SMILES string of the molecule is CCOC(=O)c1cnn2ccc(NC3(c4cc(F)cnc4OCC4(NC(=O)OC(C)(C)C)CC4)CC3)nc12. The van der Waals surface area contributed by atoms with Crippen LogP contribution in [-0.4, -0.2) is 56.0 Å². The number of amides is 1. The van der Waals surface area contributed by atoms with Gasteiger partial charge >= 0.3 is 12.1 Å². The van der Waals surface area contributed by atoms with Gasteiger partial charge in [-0.3, -0.25) is 0 Å². The van der Waals surface area contributed by atoms with Gasteiger partial charge in [0.05, 0.1) is 30.1 Å². The molecule has 12 heteroatoms. The Morgan fingerprint density at radius 1 is 1.18 bits per heavy atom. The van der Waals surface area contributed by atoms with Gasteiger partial charge in [-0.1, -0.05) is 0 Å². The van der Waals surface area contributed by atoms with E-state index in [2.05, 4.69) is 25.7 Å². The van der Waals surface area contributed by atoms with Gasteiger partial charge in [0.15, 0.2) is 5.65 Å². The molecule has 2 saturated carbocycles. The molecule has 2 aliphatic carbocycles. The first-order chi connectivity index (χ1) is 18.0. The number of hydrogen-bond donors (Lipinski definition) is 2. The highest BCUT2D eigenvalue weighted by atomic mass is 19.1. The number of hydrogen-bond acceptors (Lipinski definition) is 9. The van der Waals surface area contributed by atoms with Crippen molar-refractivity contribution in [3.05, 3.63) is 47.7 Å². The summed E-state index contributed by atoms with van der Waals surface area (Å²) < 4.78 is 32.4. The summed E-state index contributed by atoms with van der Waals surface area (Å²) in [5.74, 6) is -0.225. The number of esters is 1. The fraction of sp³-hybridized carbons (Fsp3) is 0.500. The molecule has 2 aliphatic rings. The Morgan fingerprint density at radius 2 is 1.95 bits per heavy atom. The van der Waals surface area contributed by atoms with Crippen LogP contribution in [0.15, 0.2) is 30.7 Å². The van der Waals surface area contributed by atoms with Gasteiger partial charge in [0.25, 0.3) is 0 Å². The van der Waals surface area contributed by atoms with Crippen LogP contribution >= 0.6 is 0 Å². The van der Waals surface area contributed by atoms with Gasteiger partial charge in [-0.15, -0.1) is 0 Å². The number of anilines is 1. The fourth-order valence-corrected chi connectivity index (χ4v) is 4.19. The lowest BCUT2D eigenvalue weighted by Crippen LogP contribution is -2.44. The molecule has 3 aromatic rings. The van der Waals surface area contributed by atoms with Crippen molar-refractivity contribution in [1.29, 1.82) is 0 Å². The fourth-order valence-electron chi connectivity index (χ4n) is 4.19. The van der Waals surface area contributed by atoms with E-state index in [-0.39, 0.29) is 24.7 Å². The average molecular weight is 527 g/mol. The van der Waals surface area contributed by atoms with Gasteiger partial charge in [0, 0.05) is 11.8 Å². The van der Waals surface area contributed by atoms with E-state index in [1.54, 1.807) is 40.0 Å². The van der Waals surface area contributed by atoms with Crippen LogP contribution in [0.25, 0.3) is 5.65 Å². The lowest BCUT2D eigenvalue weighted by molar-refractivity contribution is 0.0473. The normalized spacial score (nSPS) is 17.0. The minimum atomic E-state index is -0.644. The average Bonchev–Trinajstić information content (AvgIpc) is 3.75. The first kappa shape index (κ1) is 25.7. The predicted octanol–water partition coefficient (Wildman–Crippen LogP) is 3.98. The second-order valence-electron chi connectivity index (χ2n) is 10.8. The van der Waals surface area contributed by atoms with Crippen molar-refractivity contribution in [2.45, 2.75) is 70.1 Å². The van der Waals surface area contributed by atoms with E-state index in [1.165, 1.54) is 16.8 Å². The first-order valence-corrected chi connectivity index (χ1v) is 12.6. The molecule has 0 unspecified atom stereocenters. The number of halogens is 1. The topological polar surface area (TPSA) is 129 Å². The van der Waals surface area contributed by atoms with E-state index in [0.29, 0.717) is 29.9 Å². The molecule has 0 radical (unpaired) electrons. The second-order valence-corrected chi connectivity index (χ2v) is 10.8. The minimum Gasteiger partial charge on any atom is -0.475 e. The Morgan fingerprint density at radius 3 is 2.61 bits per heavy atom. The van der Waals surface area contributed by atoms with Crippen LogP contribution in [-0.2, 0) is 15.0 Å². The van der Waals surface area contributed by atoms with Crippen LogP contribution in [0.3, 0.4) is 0 Å². The van der Waals surface area contributed by atoms with Crippen LogP contribution in [0, 0.1) is 5.82 Å². The number of fused-ring (bicyclic) bond motifs is 1. The molecule has 0 aromatic carbocycles. The van der Waals surface area contributed by atoms with Crippen molar-refractivity contribution in [2.24, 2.45) is 0 Å². The standard InChI is InChI=1S/C26H31FN6O5/c1-5-36-22(34)17-14-29-33-11-6-19(30-20(17)33)31-26(9-10-26)18-12-16(27)13-28-21(18)37-15-25(7-8-25)32-23(35)38-24(2,3)4/h6,11-14H,5,7-10,15H2,1-4H3,(H,30,31)(H,32,35). The molecule has 2 N–H and O–H groups in total. The Bertz CT molecular complexity index is 1380. The summed E-state index contributed by atoms with van der Waals surface area (Å²) >= 11 is 0. The van der Waals surface area contributed by atoms with E-state index < -0.39 is 34.6 Å². The summed E-state index contributed by atoms with van der Waals surface area (Å²) in [6, 6.07) is 3.14. The molecule has 0 spiro atoms. The van der Waals surface area contributed by atoms with Gasteiger partial charge < -0.3 is 24.8 Å². The molecule has 0 bridgehead atoms. The number of ether oxygens (including phenoxy) is 3. The van der Waals surface area contributed by atoms with Crippen molar-refractivity contribution in [1.82, 2.24) is 24.9 Å². The van der Waals surface area contributed by atoms with Crippen molar-refractivity contribution in [3.63, 3.8) is 0 Å². The van der Waals surface area contributed by atoms with Crippen LogP contribution in [0.5, 0.6) is 5.88 Å². The van der Waals surface area contributed by atoms with Crippen LogP contribution in [0.1, 0.15) is 69.3 Å². The number of aromatic nitrogens is 4. The lowest BCUT2D eigenvalue weighted by Gasteiger charge is -2.25. The second kappa shape index (κ2) is 9.41. The van der Waals surface area contributed by atoms with E-state index in [0.717, 1.165) is 19.0 Å². The maximum Gasteiger partial charge on any atom is 0.408 e. The quantitative estimate of drug-likeness (QED) is 0.398. The molecule has 11 nitrogen and oxygen atoms in total. The largest absolute Gasteiger partial charge is 0.475 e. The zero-order valence-electron chi connectivity index (χ0n) is 21.8. The van der Waals surface area contributed by atoms with Crippen molar-refractivity contribution in [2.75, 3.05) is 18.5 Å². The first-order valence-electron chi connectivity index (χ1n) is 12.6. The maximum atomic E-state index is 14.3. The van der Waals surface area contributed by atoms with Crippen molar-refractivity contribution >= 4 is 23.5 Å². The summed E-state index contributed by atoms with van der Waals surface area (Å²) in [7, 11) is 0. The van der Waals surface area contributed by atoms with Crippen molar-refractivity contribution in [3.8, 4) is 5.88 Å². The summed E-state index contributed by atoms with van der Waals surface area (Å²) in [4.78, 5) is 33.4. The summed E-state index contributed by atoms with van der Waals surface area (Å²) in [6.45, 7) is 7.55. The molecule has 0 atom stereocenters. The molecule has 0 saturated heterocycles. The third kappa shape index (κ3) is 5.48. The van der Waals surface area contributed by atoms with Crippen LogP contribution < -0.4 is 15.4 Å². The number of pyridine rings is 1. The molecule has 202 valence electrons. The summed E-state index contributed by atoms with van der Waals surface area (Å²) in [6.07, 6.45) is 6.59. The van der Waals surface area contributed by atoms with Gasteiger partial charge in [0.1, 0.15) is 29.4 Å². The Kier molecular flexibility index (Phi) is 6.36. The molecule has 3 aromatic heterocycles. The van der Waals surface area contributed by atoms with E-state index in [1.807, 2.05) is 0 Å². The Balaban J connectivity index is 1.34. The molecule has 5 rings (SSSR count). The lowest BCUT2D eigenvalue weighted by atomic mass is 10.1. The molecule has 2 fully saturated rings. The predicted molar refractivity (Wildman–Crippen MR) is 135 cm³/mol. The van der Waals surface area contributed by atoms with E-state index in [4.69, 9.17) is 14.2 Å². The Labute approximate surface area is 219 Å². The maximum absolute atomic E-state index is 14.3. The minimum absolute atomic E-state index is 0.177. The number of nitrogens with zero attached hydrogens (tertiary/aromatic N) is 4. The third-order valence-electron chi connectivity index (χ3n) is 6.42. The Hall–Kier alpha value is -3.96. The summed E-state index contributed by atoms with van der Waals surface area (Å²) in [5.41, 5.74) is -0.633. The van der Waals surface area contributed by atoms with E-state index >= 15 is 0 Å². The van der Waals surface area contributed by atoms with Gasteiger partial charge in [-0.2, -0.15) is 5.10 Å². The molecule has 0 aliphatic heterocycles. The van der Waals surface area contributed by atoms with Crippen LogP contribution in [0.2, 0.25) is 0 Å². The number of rotatable bonds is 9. The van der Waals surface area contributed by atoms with Crippen LogP contribution in [0.4, 0.5) is 15.0 Å². The highest BCUT2D eigenvalue weighted by Crippen LogP contribution is 2.51. The van der Waals surface area contributed by atoms with E-state index in [9.17, 15) is 14.0 Å². The number of carbonyl (C=O) groups is 2. The third-order valence-corrected chi connectivity index (χ3v) is 6.42. The summed E-state index contributed by atoms with van der Waals surface area (Å²) in [5, 5.41) is 10.4. The number of nitrogens with one attached hydrogen (secondary N) is 2. The zero-order valence-corrected chi connectivity index (χ0v) is 21.8. The monoisotopic (exact) mass is 526 g/mol. The zero-order chi connectivity index (χ0) is 27.1. The number of carbonyl (C=O) groups excluding carboxylic acids is 2. The smallest absolute Gasteiger partial charge is 0.408 e. The molecular weight excluding hydrogens is 495 g/mol. The molecule has 38 heavy (non-hydrogen) atoms.